The molecule has 1 fully saturated rings. The first-order valence-corrected chi connectivity index (χ1v) is 7.22. The molecule has 0 aromatic heterocycles. The van der Waals surface area contributed by atoms with Gasteiger partial charge in [0.2, 0.25) is 0 Å². The predicted molar refractivity (Wildman–Crippen MR) is 79.4 cm³/mol. The van der Waals surface area contributed by atoms with E-state index in [1.165, 1.54) is 0 Å². The SMILES string of the molecule is Cc1cccc(C)c1OCC(=O)NCC1(O)CCOC1C. The molecule has 5 nitrogen and oxygen atoms in total. The third kappa shape index (κ3) is 3.74. The first kappa shape index (κ1) is 15.8. The summed E-state index contributed by atoms with van der Waals surface area (Å²) in [7, 11) is 0. The number of carbonyl (C=O) groups excluding carboxylic acids is 1. The Kier molecular flexibility index (Phi) is 4.85. The molecule has 2 rings (SSSR count). The Bertz CT molecular complexity index is 497. The lowest BCUT2D eigenvalue weighted by atomic mass is 9.97. The molecule has 21 heavy (non-hydrogen) atoms. The van der Waals surface area contributed by atoms with Gasteiger partial charge in [-0.15, -0.1) is 0 Å². The monoisotopic (exact) mass is 293 g/mol. The van der Waals surface area contributed by atoms with E-state index in [9.17, 15) is 9.90 Å². The number of amides is 1. The van der Waals surface area contributed by atoms with Gasteiger partial charge < -0.3 is 19.9 Å². The molecule has 0 spiro atoms. The van der Waals surface area contributed by atoms with Gasteiger partial charge in [-0.25, -0.2) is 0 Å². The summed E-state index contributed by atoms with van der Waals surface area (Å²) in [6.07, 6.45) is 0.268. The van der Waals surface area contributed by atoms with Crippen LogP contribution in [0, 0.1) is 13.8 Å². The average molecular weight is 293 g/mol. The van der Waals surface area contributed by atoms with E-state index >= 15 is 0 Å². The summed E-state index contributed by atoms with van der Waals surface area (Å²) in [6, 6.07) is 5.84. The van der Waals surface area contributed by atoms with Crippen molar-refractivity contribution in [3.63, 3.8) is 0 Å². The van der Waals surface area contributed by atoms with Crippen LogP contribution in [0.2, 0.25) is 0 Å². The normalized spacial score (nSPS) is 24.9. The van der Waals surface area contributed by atoms with Gasteiger partial charge in [-0.1, -0.05) is 18.2 Å². The maximum atomic E-state index is 11.9. The lowest BCUT2D eigenvalue weighted by molar-refractivity contribution is -0.124. The predicted octanol–water partition coefficient (Wildman–Crippen LogP) is 1.34. The number of ether oxygens (including phenoxy) is 2. The van der Waals surface area contributed by atoms with E-state index in [-0.39, 0.29) is 25.2 Å². The molecule has 0 aliphatic carbocycles. The van der Waals surface area contributed by atoms with Gasteiger partial charge in [0.15, 0.2) is 6.61 Å². The molecule has 5 heteroatoms. The van der Waals surface area contributed by atoms with Crippen LogP contribution < -0.4 is 10.1 Å². The van der Waals surface area contributed by atoms with E-state index in [1.807, 2.05) is 39.0 Å². The Labute approximate surface area is 125 Å². The molecule has 1 saturated heterocycles. The first-order chi connectivity index (χ1) is 9.92. The van der Waals surface area contributed by atoms with Crippen molar-refractivity contribution < 1.29 is 19.4 Å². The number of benzene rings is 1. The molecule has 1 aromatic rings. The van der Waals surface area contributed by atoms with Crippen LogP contribution in [0.1, 0.15) is 24.5 Å². The average Bonchev–Trinajstić information content (AvgIpc) is 2.76. The second-order valence-electron chi connectivity index (χ2n) is 5.65. The van der Waals surface area contributed by atoms with Crippen molar-refractivity contribution in [3.8, 4) is 5.75 Å². The zero-order valence-corrected chi connectivity index (χ0v) is 12.8. The molecule has 0 radical (unpaired) electrons. The standard InChI is InChI=1S/C16H23NO4/c1-11-5-4-6-12(2)15(11)21-9-14(18)17-10-16(19)7-8-20-13(16)3/h4-6,13,19H,7-10H2,1-3H3,(H,17,18). The van der Waals surface area contributed by atoms with Crippen molar-refractivity contribution in [2.45, 2.75) is 38.9 Å². The van der Waals surface area contributed by atoms with Gasteiger partial charge in [-0.3, -0.25) is 4.79 Å². The second-order valence-corrected chi connectivity index (χ2v) is 5.65. The van der Waals surface area contributed by atoms with Gasteiger partial charge in [-0.2, -0.15) is 0 Å². The second kappa shape index (κ2) is 6.45. The Morgan fingerprint density at radius 2 is 2.14 bits per heavy atom. The molecule has 1 aliphatic heterocycles. The number of hydrogen-bond acceptors (Lipinski definition) is 4. The van der Waals surface area contributed by atoms with Crippen molar-refractivity contribution in [3.05, 3.63) is 29.3 Å². The number of aliphatic hydroxyl groups is 1. The van der Waals surface area contributed by atoms with Gasteiger partial charge in [0.25, 0.3) is 5.91 Å². The fraction of sp³-hybridized carbons (Fsp3) is 0.562. The fourth-order valence-corrected chi connectivity index (χ4v) is 2.47. The molecule has 0 saturated carbocycles. The van der Waals surface area contributed by atoms with E-state index in [4.69, 9.17) is 9.47 Å². The third-order valence-electron chi connectivity index (χ3n) is 4.01. The molecule has 1 aromatic carbocycles. The molecule has 1 heterocycles. The third-order valence-corrected chi connectivity index (χ3v) is 4.01. The number of hydrogen-bond donors (Lipinski definition) is 2. The van der Waals surface area contributed by atoms with Crippen LogP contribution in [0.3, 0.4) is 0 Å². The van der Waals surface area contributed by atoms with Crippen LogP contribution in [-0.4, -0.2) is 42.5 Å². The molecular formula is C16H23NO4. The summed E-state index contributed by atoms with van der Waals surface area (Å²) in [5.41, 5.74) is 1.02. The molecule has 2 atom stereocenters. The number of carbonyl (C=O) groups is 1. The number of nitrogens with one attached hydrogen (secondary N) is 1. The highest BCUT2D eigenvalue weighted by Crippen LogP contribution is 2.25. The fourth-order valence-electron chi connectivity index (χ4n) is 2.47. The lowest BCUT2D eigenvalue weighted by Crippen LogP contribution is -2.48. The Morgan fingerprint density at radius 3 is 2.71 bits per heavy atom. The molecule has 1 amide bonds. The zero-order chi connectivity index (χ0) is 15.5. The van der Waals surface area contributed by atoms with Crippen LogP contribution in [0.25, 0.3) is 0 Å². The van der Waals surface area contributed by atoms with Crippen LogP contribution >= 0.6 is 0 Å². The van der Waals surface area contributed by atoms with E-state index in [2.05, 4.69) is 5.32 Å². The molecule has 1 aliphatic rings. The summed E-state index contributed by atoms with van der Waals surface area (Å²) < 4.78 is 10.9. The smallest absolute Gasteiger partial charge is 0.258 e. The summed E-state index contributed by atoms with van der Waals surface area (Å²) in [6.45, 7) is 6.35. The maximum Gasteiger partial charge on any atom is 0.258 e. The summed E-state index contributed by atoms with van der Waals surface area (Å²) in [4.78, 5) is 11.9. The van der Waals surface area contributed by atoms with Gasteiger partial charge in [0, 0.05) is 19.6 Å². The Hall–Kier alpha value is -1.59. The number of rotatable bonds is 5. The zero-order valence-electron chi connectivity index (χ0n) is 12.8. The number of aryl methyl sites for hydroxylation is 2. The quantitative estimate of drug-likeness (QED) is 0.859. The highest BCUT2D eigenvalue weighted by atomic mass is 16.5. The van der Waals surface area contributed by atoms with Gasteiger partial charge in [0.1, 0.15) is 11.4 Å². The number of para-hydroxylation sites is 1. The Balaban J connectivity index is 1.83. The minimum absolute atomic E-state index is 0.0585. The maximum absolute atomic E-state index is 11.9. The molecular weight excluding hydrogens is 270 g/mol. The Morgan fingerprint density at radius 1 is 1.48 bits per heavy atom. The van der Waals surface area contributed by atoms with Gasteiger partial charge in [0.05, 0.1) is 6.10 Å². The minimum atomic E-state index is -0.978. The van der Waals surface area contributed by atoms with Crippen LogP contribution in [-0.2, 0) is 9.53 Å². The van der Waals surface area contributed by atoms with Gasteiger partial charge in [-0.05, 0) is 31.9 Å². The van der Waals surface area contributed by atoms with E-state index in [0.29, 0.717) is 13.0 Å². The summed E-state index contributed by atoms with van der Waals surface area (Å²) >= 11 is 0. The van der Waals surface area contributed by atoms with E-state index in [1.54, 1.807) is 0 Å². The topological polar surface area (TPSA) is 67.8 Å². The molecule has 116 valence electrons. The summed E-state index contributed by atoms with van der Waals surface area (Å²) in [5.74, 6) is 0.495. The van der Waals surface area contributed by atoms with E-state index < -0.39 is 5.60 Å². The van der Waals surface area contributed by atoms with Crippen LogP contribution in [0.4, 0.5) is 0 Å². The van der Waals surface area contributed by atoms with Crippen molar-refractivity contribution in [1.29, 1.82) is 0 Å². The highest BCUT2D eigenvalue weighted by Gasteiger charge is 2.39. The highest BCUT2D eigenvalue weighted by molar-refractivity contribution is 5.77. The minimum Gasteiger partial charge on any atom is -0.483 e. The first-order valence-electron chi connectivity index (χ1n) is 7.22. The largest absolute Gasteiger partial charge is 0.483 e. The van der Waals surface area contributed by atoms with Crippen molar-refractivity contribution in [2.75, 3.05) is 19.8 Å². The van der Waals surface area contributed by atoms with E-state index in [0.717, 1.165) is 16.9 Å². The molecule has 2 N–H and O–H groups in total. The van der Waals surface area contributed by atoms with Crippen LogP contribution in [0.5, 0.6) is 5.75 Å². The summed E-state index contributed by atoms with van der Waals surface area (Å²) in [5, 5.41) is 13.0. The lowest BCUT2D eigenvalue weighted by Gasteiger charge is -2.26. The van der Waals surface area contributed by atoms with Gasteiger partial charge >= 0.3 is 0 Å². The van der Waals surface area contributed by atoms with Crippen molar-refractivity contribution in [1.82, 2.24) is 5.32 Å². The molecule has 2 unspecified atom stereocenters. The van der Waals surface area contributed by atoms with Crippen molar-refractivity contribution in [2.24, 2.45) is 0 Å². The van der Waals surface area contributed by atoms with Crippen LogP contribution in [0.15, 0.2) is 18.2 Å². The van der Waals surface area contributed by atoms with Crippen molar-refractivity contribution >= 4 is 5.91 Å². The molecule has 0 bridgehead atoms.